The lowest BCUT2D eigenvalue weighted by atomic mass is 10.1. The zero-order valence-corrected chi connectivity index (χ0v) is 9.10. The van der Waals surface area contributed by atoms with Crippen molar-refractivity contribution in [3.8, 4) is 0 Å². The van der Waals surface area contributed by atoms with Gasteiger partial charge in [-0.2, -0.15) is 0 Å². The Bertz CT molecular complexity index is 114. The highest BCUT2D eigenvalue weighted by atomic mass is 79.9. The van der Waals surface area contributed by atoms with Crippen LogP contribution in [0, 0.1) is 5.92 Å². The molecule has 0 aromatic rings. The molecular formula is C9H18BrN. The van der Waals surface area contributed by atoms with Crippen molar-refractivity contribution in [2.45, 2.75) is 31.5 Å². The fourth-order valence-electron chi connectivity index (χ4n) is 1.43. The van der Waals surface area contributed by atoms with Gasteiger partial charge in [0.15, 0.2) is 0 Å². The zero-order valence-electron chi connectivity index (χ0n) is 7.52. The fourth-order valence-corrected chi connectivity index (χ4v) is 2.04. The highest BCUT2D eigenvalue weighted by molar-refractivity contribution is 9.09. The first-order valence-electron chi connectivity index (χ1n) is 4.55. The second-order valence-corrected chi connectivity index (χ2v) is 5.16. The Morgan fingerprint density at radius 1 is 1.55 bits per heavy atom. The molecule has 1 fully saturated rings. The molecule has 0 spiro atoms. The number of hydrogen-bond donors (Lipinski definition) is 0. The fraction of sp³-hybridized carbons (Fsp3) is 1.00. The smallest absolute Gasteiger partial charge is 0.0285 e. The van der Waals surface area contributed by atoms with Crippen LogP contribution in [0.25, 0.3) is 0 Å². The Labute approximate surface area is 78.3 Å². The summed E-state index contributed by atoms with van der Waals surface area (Å²) in [7, 11) is 0. The van der Waals surface area contributed by atoms with Crippen molar-refractivity contribution in [3.05, 3.63) is 0 Å². The zero-order chi connectivity index (χ0) is 8.27. The third-order valence-electron chi connectivity index (χ3n) is 2.24. The lowest BCUT2D eigenvalue weighted by Crippen LogP contribution is -2.22. The molecule has 1 rings (SSSR count). The van der Waals surface area contributed by atoms with E-state index in [0.29, 0.717) is 0 Å². The molecule has 0 N–H and O–H groups in total. The first-order chi connectivity index (χ1) is 5.18. The number of hydrogen-bond acceptors (Lipinski definition) is 1. The molecule has 1 unspecified atom stereocenters. The molecule has 0 bridgehead atoms. The summed E-state index contributed by atoms with van der Waals surface area (Å²) in [6, 6.07) is 0. The van der Waals surface area contributed by atoms with Crippen LogP contribution in [0.4, 0.5) is 0 Å². The Hall–Kier alpha value is 0.440. The van der Waals surface area contributed by atoms with Gasteiger partial charge in [0, 0.05) is 11.4 Å². The molecule has 1 atom stereocenters. The maximum absolute atomic E-state index is 3.64. The average molecular weight is 220 g/mol. The Morgan fingerprint density at radius 2 is 2.27 bits per heavy atom. The van der Waals surface area contributed by atoms with E-state index in [-0.39, 0.29) is 0 Å². The number of alkyl halides is 1. The lowest BCUT2D eigenvalue weighted by molar-refractivity contribution is 0.315. The summed E-state index contributed by atoms with van der Waals surface area (Å²) in [6.45, 7) is 8.43. The van der Waals surface area contributed by atoms with Crippen LogP contribution in [0.15, 0.2) is 0 Å². The van der Waals surface area contributed by atoms with E-state index < -0.39 is 0 Å². The molecule has 1 nitrogen and oxygen atoms in total. The maximum Gasteiger partial charge on any atom is 0.0285 e. The molecule has 0 aliphatic carbocycles. The molecule has 1 aliphatic rings. The first-order valence-corrected chi connectivity index (χ1v) is 5.46. The quantitative estimate of drug-likeness (QED) is 0.660. The van der Waals surface area contributed by atoms with Crippen molar-refractivity contribution >= 4 is 15.9 Å². The van der Waals surface area contributed by atoms with Crippen molar-refractivity contribution in [1.82, 2.24) is 4.90 Å². The van der Waals surface area contributed by atoms with Crippen molar-refractivity contribution in [1.29, 1.82) is 0 Å². The van der Waals surface area contributed by atoms with Gasteiger partial charge in [-0.3, -0.25) is 0 Å². The van der Waals surface area contributed by atoms with Gasteiger partial charge in [-0.1, -0.05) is 29.8 Å². The van der Waals surface area contributed by atoms with E-state index in [1.165, 1.54) is 32.5 Å². The number of rotatable bonds is 3. The van der Waals surface area contributed by atoms with E-state index in [2.05, 4.69) is 34.7 Å². The number of likely N-dealkylation sites (tertiary alicyclic amines) is 1. The van der Waals surface area contributed by atoms with Crippen molar-refractivity contribution in [2.24, 2.45) is 5.92 Å². The summed E-state index contributed by atoms with van der Waals surface area (Å²) in [6.07, 6.45) is 2.68. The summed E-state index contributed by atoms with van der Waals surface area (Å²) in [5.41, 5.74) is 0. The molecule has 1 aliphatic heterocycles. The lowest BCUT2D eigenvalue weighted by Gasteiger charge is -2.15. The number of halogens is 1. The molecule has 0 amide bonds. The van der Waals surface area contributed by atoms with Crippen LogP contribution in [0.3, 0.4) is 0 Å². The second-order valence-electron chi connectivity index (χ2n) is 3.87. The predicted molar refractivity (Wildman–Crippen MR) is 53.2 cm³/mol. The minimum atomic E-state index is 0.759. The van der Waals surface area contributed by atoms with Crippen LogP contribution in [-0.2, 0) is 0 Å². The molecule has 0 saturated carbocycles. The summed E-state index contributed by atoms with van der Waals surface area (Å²) in [5.74, 6) is 0.851. The van der Waals surface area contributed by atoms with E-state index in [9.17, 15) is 0 Å². The van der Waals surface area contributed by atoms with Crippen molar-refractivity contribution in [2.75, 3.05) is 19.6 Å². The number of nitrogens with zero attached hydrogens (tertiary/aromatic N) is 1. The van der Waals surface area contributed by atoms with Gasteiger partial charge in [-0.15, -0.1) is 0 Å². The third-order valence-corrected chi connectivity index (χ3v) is 2.98. The minimum absolute atomic E-state index is 0.759. The topological polar surface area (TPSA) is 3.24 Å². The molecule has 2 heteroatoms. The second kappa shape index (κ2) is 4.46. The minimum Gasteiger partial charge on any atom is -0.302 e. The molecule has 1 heterocycles. The normalized spacial score (nSPS) is 26.7. The Balaban J connectivity index is 2.08. The summed E-state index contributed by atoms with van der Waals surface area (Å²) in [4.78, 5) is 3.31. The average Bonchev–Trinajstić information content (AvgIpc) is 2.31. The largest absolute Gasteiger partial charge is 0.302 e. The summed E-state index contributed by atoms with van der Waals surface area (Å²) >= 11 is 3.64. The first kappa shape index (κ1) is 9.53. The Morgan fingerprint density at radius 3 is 2.73 bits per heavy atom. The van der Waals surface area contributed by atoms with E-state index in [1.807, 2.05) is 0 Å². The van der Waals surface area contributed by atoms with Gasteiger partial charge >= 0.3 is 0 Å². The monoisotopic (exact) mass is 219 g/mol. The molecule has 11 heavy (non-hydrogen) atoms. The van der Waals surface area contributed by atoms with Gasteiger partial charge in [-0.05, 0) is 31.8 Å². The van der Waals surface area contributed by atoms with Gasteiger partial charge in [0.25, 0.3) is 0 Å². The van der Waals surface area contributed by atoms with Crippen LogP contribution in [0.5, 0.6) is 0 Å². The van der Waals surface area contributed by atoms with Gasteiger partial charge in [-0.25, -0.2) is 0 Å². The van der Waals surface area contributed by atoms with Crippen LogP contribution in [-0.4, -0.2) is 29.4 Å². The van der Waals surface area contributed by atoms with Crippen LogP contribution < -0.4 is 0 Å². The van der Waals surface area contributed by atoms with Crippen LogP contribution in [0.2, 0.25) is 0 Å². The summed E-state index contributed by atoms with van der Waals surface area (Å²) < 4.78 is 0. The predicted octanol–water partition coefficient (Wildman–Crippen LogP) is 2.50. The van der Waals surface area contributed by atoms with Gasteiger partial charge < -0.3 is 4.90 Å². The van der Waals surface area contributed by atoms with Crippen molar-refractivity contribution < 1.29 is 0 Å². The van der Waals surface area contributed by atoms with E-state index >= 15 is 0 Å². The molecule has 1 saturated heterocycles. The molecule has 0 aromatic carbocycles. The van der Waals surface area contributed by atoms with E-state index in [0.717, 1.165) is 10.7 Å². The Kier molecular flexibility index (Phi) is 3.86. The van der Waals surface area contributed by atoms with Crippen LogP contribution >= 0.6 is 15.9 Å². The summed E-state index contributed by atoms with van der Waals surface area (Å²) in [5, 5.41) is 0. The van der Waals surface area contributed by atoms with E-state index in [1.54, 1.807) is 0 Å². The van der Waals surface area contributed by atoms with Crippen LogP contribution in [0.1, 0.15) is 26.7 Å². The molecule has 0 aromatic heterocycles. The van der Waals surface area contributed by atoms with E-state index in [4.69, 9.17) is 0 Å². The molecule has 0 radical (unpaired) electrons. The van der Waals surface area contributed by atoms with Gasteiger partial charge in [0.1, 0.15) is 0 Å². The SMILES string of the molecule is CC(C)CCN1CCC(Br)C1. The standard InChI is InChI=1S/C9H18BrN/c1-8(2)3-5-11-6-4-9(10)7-11/h8-9H,3-7H2,1-2H3. The molecular weight excluding hydrogens is 202 g/mol. The highest BCUT2D eigenvalue weighted by Crippen LogP contribution is 2.17. The molecule has 66 valence electrons. The van der Waals surface area contributed by atoms with Crippen molar-refractivity contribution in [3.63, 3.8) is 0 Å². The maximum atomic E-state index is 3.64. The highest BCUT2D eigenvalue weighted by Gasteiger charge is 2.18. The van der Waals surface area contributed by atoms with Gasteiger partial charge in [0.05, 0.1) is 0 Å². The van der Waals surface area contributed by atoms with Gasteiger partial charge in [0.2, 0.25) is 0 Å². The third kappa shape index (κ3) is 3.57.